The monoisotopic (exact) mass is 164 g/mol. The molecule has 2 nitrogen and oxygen atoms in total. The van der Waals surface area contributed by atoms with Crippen molar-refractivity contribution in [3.05, 3.63) is 23.3 Å². The van der Waals surface area contributed by atoms with Crippen LogP contribution in [0.3, 0.4) is 0 Å². The van der Waals surface area contributed by atoms with Crippen molar-refractivity contribution in [3.63, 3.8) is 0 Å². The van der Waals surface area contributed by atoms with Gasteiger partial charge in [-0.15, -0.1) is 0 Å². The zero-order valence-corrected chi connectivity index (χ0v) is 7.72. The molecule has 66 valence electrons. The van der Waals surface area contributed by atoms with Gasteiger partial charge in [-0.1, -0.05) is 13.8 Å². The number of benzene rings is 1. The summed E-state index contributed by atoms with van der Waals surface area (Å²) in [6.07, 6.45) is 1.89. The molecule has 0 unspecified atom stereocenters. The van der Waals surface area contributed by atoms with Crippen LogP contribution in [-0.2, 0) is 12.8 Å². The number of aryl methyl sites for hydroxylation is 1. The van der Waals surface area contributed by atoms with Crippen LogP contribution in [0.2, 0.25) is 0 Å². The van der Waals surface area contributed by atoms with Crippen molar-refractivity contribution in [1.29, 1.82) is 0 Å². The fourth-order valence-corrected chi connectivity index (χ4v) is 1.39. The fraction of sp³-hybridized carbons (Fsp3) is 0.400. The van der Waals surface area contributed by atoms with Gasteiger partial charge in [0.25, 0.3) is 0 Å². The Hall–Kier alpha value is -1.18. The van der Waals surface area contributed by atoms with Crippen molar-refractivity contribution in [2.75, 3.05) is 11.5 Å². The topological polar surface area (TPSA) is 52.0 Å². The fourth-order valence-electron chi connectivity index (χ4n) is 1.39. The molecule has 0 saturated heterocycles. The molecule has 0 bridgehead atoms. The van der Waals surface area contributed by atoms with E-state index in [1.807, 2.05) is 12.1 Å². The molecule has 1 rings (SSSR count). The first-order valence-corrected chi connectivity index (χ1v) is 4.35. The second-order valence-corrected chi connectivity index (χ2v) is 2.96. The van der Waals surface area contributed by atoms with E-state index in [4.69, 9.17) is 11.5 Å². The van der Waals surface area contributed by atoms with Gasteiger partial charge in [-0.3, -0.25) is 0 Å². The molecule has 1 aromatic rings. The van der Waals surface area contributed by atoms with Gasteiger partial charge in [0, 0.05) is 11.4 Å². The highest BCUT2D eigenvalue weighted by Gasteiger charge is 2.02. The molecule has 0 fully saturated rings. The normalized spacial score (nSPS) is 10.2. The van der Waals surface area contributed by atoms with Gasteiger partial charge in [0.1, 0.15) is 0 Å². The first-order valence-electron chi connectivity index (χ1n) is 4.35. The van der Waals surface area contributed by atoms with E-state index in [1.54, 1.807) is 0 Å². The van der Waals surface area contributed by atoms with Crippen molar-refractivity contribution in [2.45, 2.75) is 26.7 Å². The summed E-state index contributed by atoms with van der Waals surface area (Å²) in [5, 5.41) is 0. The molecule has 0 heterocycles. The van der Waals surface area contributed by atoms with Crippen LogP contribution < -0.4 is 11.5 Å². The molecule has 12 heavy (non-hydrogen) atoms. The standard InChI is InChI=1S/C10H16N2/c1-3-7-5-9(11)8(4-2)10(12)6-7/h5-6H,3-4,11-12H2,1-2H3. The summed E-state index contributed by atoms with van der Waals surface area (Å²) in [6.45, 7) is 4.16. The Morgan fingerprint density at radius 2 is 1.50 bits per heavy atom. The molecule has 4 N–H and O–H groups in total. The molecule has 1 aromatic carbocycles. The number of nitrogen functional groups attached to an aromatic ring is 2. The molecule has 0 spiro atoms. The summed E-state index contributed by atoms with van der Waals surface area (Å²) >= 11 is 0. The van der Waals surface area contributed by atoms with Crippen molar-refractivity contribution in [3.8, 4) is 0 Å². The summed E-state index contributed by atoms with van der Waals surface area (Å²) < 4.78 is 0. The molecule has 0 aliphatic rings. The van der Waals surface area contributed by atoms with E-state index in [2.05, 4.69) is 13.8 Å². The highest BCUT2D eigenvalue weighted by molar-refractivity contribution is 5.63. The highest BCUT2D eigenvalue weighted by Crippen LogP contribution is 2.22. The van der Waals surface area contributed by atoms with Gasteiger partial charge in [-0.2, -0.15) is 0 Å². The van der Waals surface area contributed by atoms with Crippen molar-refractivity contribution < 1.29 is 0 Å². The smallest absolute Gasteiger partial charge is 0.0369 e. The average Bonchev–Trinajstić information content (AvgIpc) is 2.03. The molecule has 0 aromatic heterocycles. The van der Waals surface area contributed by atoms with Crippen LogP contribution in [0.25, 0.3) is 0 Å². The maximum Gasteiger partial charge on any atom is 0.0369 e. The molecule has 0 amide bonds. The lowest BCUT2D eigenvalue weighted by Crippen LogP contribution is -2.00. The second kappa shape index (κ2) is 3.48. The van der Waals surface area contributed by atoms with Crippen molar-refractivity contribution >= 4 is 11.4 Å². The van der Waals surface area contributed by atoms with E-state index >= 15 is 0 Å². The van der Waals surface area contributed by atoms with Crippen molar-refractivity contribution in [2.24, 2.45) is 0 Å². The maximum absolute atomic E-state index is 5.83. The van der Waals surface area contributed by atoms with E-state index in [-0.39, 0.29) is 0 Å². The van der Waals surface area contributed by atoms with Gasteiger partial charge in [0.05, 0.1) is 0 Å². The van der Waals surface area contributed by atoms with E-state index in [9.17, 15) is 0 Å². The summed E-state index contributed by atoms with van der Waals surface area (Å²) in [6, 6.07) is 4.02. The number of nitrogens with two attached hydrogens (primary N) is 2. The van der Waals surface area contributed by atoms with E-state index in [1.165, 1.54) is 5.56 Å². The third-order valence-corrected chi connectivity index (χ3v) is 2.14. The minimum Gasteiger partial charge on any atom is -0.398 e. The predicted molar refractivity (Wildman–Crippen MR) is 54.0 cm³/mol. The maximum atomic E-state index is 5.83. The number of hydrogen-bond donors (Lipinski definition) is 2. The first kappa shape index (κ1) is 8.91. The Kier molecular flexibility index (Phi) is 2.58. The quantitative estimate of drug-likeness (QED) is 0.657. The van der Waals surface area contributed by atoms with Gasteiger partial charge in [0.2, 0.25) is 0 Å². The summed E-state index contributed by atoms with van der Waals surface area (Å²) in [4.78, 5) is 0. The van der Waals surface area contributed by atoms with Gasteiger partial charge in [-0.05, 0) is 36.1 Å². The third kappa shape index (κ3) is 1.52. The number of anilines is 2. The Bertz CT molecular complexity index is 256. The Labute approximate surface area is 73.6 Å². The van der Waals surface area contributed by atoms with Crippen LogP contribution in [0.15, 0.2) is 12.1 Å². The number of rotatable bonds is 2. The average molecular weight is 164 g/mol. The van der Waals surface area contributed by atoms with Crippen LogP contribution in [0.1, 0.15) is 25.0 Å². The SMILES string of the molecule is CCc1cc(N)c(CC)c(N)c1. The van der Waals surface area contributed by atoms with Gasteiger partial charge in [0.15, 0.2) is 0 Å². The van der Waals surface area contributed by atoms with E-state index in [0.29, 0.717) is 0 Å². The van der Waals surface area contributed by atoms with E-state index in [0.717, 1.165) is 29.8 Å². The van der Waals surface area contributed by atoms with Crippen LogP contribution >= 0.6 is 0 Å². The Morgan fingerprint density at radius 3 is 1.83 bits per heavy atom. The molecular formula is C10H16N2. The van der Waals surface area contributed by atoms with Crippen molar-refractivity contribution in [1.82, 2.24) is 0 Å². The van der Waals surface area contributed by atoms with Crippen LogP contribution in [0, 0.1) is 0 Å². The lowest BCUT2D eigenvalue weighted by molar-refractivity contribution is 1.11. The zero-order valence-electron chi connectivity index (χ0n) is 7.72. The van der Waals surface area contributed by atoms with Crippen LogP contribution in [0.4, 0.5) is 11.4 Å². The summed E-state index contributed by atoms with van der Waals surface area (Å²) in [7, 11) is 0. The van der Waals surface area contributed by atoms with Crippen LogP contribution in [-0.4, -0.2) is 0 Å². The lowest BCUT2D eigenvalue weighted by Gasteiger charge is -2.08. The molecule has 0 aliphatic heterocycles. The summed E-state index contributed by atoms with van der Waals surface area (Å²) in [5.74, 6) is 0. The molecule has 0 aliphatic carbocycles. The van der Waals surface area contributed by atoms with Gasteiger partial charge >= 0.3 is 0 Å². The van der Waals surface area contributed by atoms with Gasteiger partial charge in [-0.25, -0.2) is 0 Å². The minimum absolute atomic E-state index is 0.828. The molecule has 0 saturated carbocycles. The molecule has 0 atom stereocenters. The lowest BCUT2D eigenvalue weighted by atomic mass is 10.0. The van der Waals surface area contributed by atoms with Gasteiger partial charge < -0.3 is 11.5 Å². The second-order valence-electron chi connectivity index (χ2n) is 2.96. The molecular weight excluding hydrogens is 148 g/mol. The zero-order chi connectivity index (χ0) is 9.14. The third-order valence-electron chi connectivity index (χ3n) is 2.14. The Balaban J connectivity index is 3.18. The summed E-state index contributed by atoms with van der Waals surface area (Å²) in [5.41, 5.74) is 15.6. The largest absolute Gasteiger partial charge is 0.398 e. The minimum atomic E-state index is 0.828. The predicted octanol–water partition coefficient (Wildman–Crippen LogP) is 1.98. The Morgan fingerprint density at radius 1 is 1.00 bits per heavy atom. The highest BCUT2D eigenvalue weighted by atomic mass is 14.6. The molecule has 0 radical (unpaired) electrons. The number of hydrogen-bond acceptors (Lipinski definition) is 2. The molecule has 2 heteroatoms. The first-order chi connectivity index (χ1) is 5.69. The van der Waals surface area contributed by atoms with Crippen LogP contribution in [0.5, 0.6) is 0 Å². The van der Waals surface area contributed by atoms with E-state index < -0.39 is 0 Å².